The van der Waals surface area contributed by atoms with Crippen LogP contribution in [0.2, 0.25) is 15.1 Å². The summed E-state index contributed by atoms with van der Waals surface area (Å²) in [7, 11) is -4.30. The van der Waals surface area contributed by atoms with Crippen LogP contribution in [0.5, 0.6) is 0 Å². The smallest absolute Gasteiger partial charge is 0.264 e. The molecular weight excluding hydrogens is 588 g/mol. The Hall–Kier alpha value is -2.85. The molecule has 0 aromatic heterocycles. The maximum Gasteiger partial charge on any atom is 0.264 e. The Morgan fingerprint density at radius 3 is 2.15 bits per heavy atom. The molecule has 0 spiro atoms. The highest BCUT2D eigenvalue weighted by Gasteiger charge is 2.33. The molecule has 0 saturated heterocycles. The van der Waals surface area contributed by atoms with Gasteiger partial charge >= 0.3 is 0 Å². The summed E-state index contributed by atoms with van der Waals surface area (Å²) in [5.74, 6) is -1.86. The molecule has 7 nitrogen and oxygen atoms in total. The Morgan fingerprint density at radius 1 is 0.897 bits per heavy atom. The summed E-state index contributed by atoms with van der Waals surface area (Å²) >= 11 is 18.2. The lowest BCUT2D eigenvalue weighted by Crippen LogP contribution is -2.52. The molecule has 1 N–H and O–H groups in total. The number of halogens is 4. The van der Waals surface area contributed by atoms with Gasteiger partial charge in [-0.15, -0.1) is 0 Å². The van der Waals surface area contributed by atoms with Crippen LogP contribution in [-0.2, 0) is 26.2 Å². The SMILES string of the molecule is CC(C)NC(=O)[C@@H](C)N(Cc1ccc(Cl)c(Cl)c1)C(=O)CN(c1ccc(F)c(Cl)c1)S(=O)(=O)c1ccccc1. The van der Waals surface area contributed by atoms with Gasteiger partial charge in [0.1, 0.15) is 18.4 Å². The van der Waals surface area contributed by atoms with Crippen LogP contribution in [0, 0.1) is 5.82 Å². The Morgan fingerprint density at radius 2 is 1.56 bits per heavy atom. The minimum absolute atomic E-state index is 0.0209. The second kappa shape index (κ2) is 13.0. The van der Waals surface area contributed by atoms with Crippen LogP contribution in [0.4, 0.5) is 10.1 Å². The first-order chi connectivity index (χ1) is 18.3. The van der Waals surface area contributed by atoms with Gasteiger partial charge in [-0.2, -0.15) is 0 Å². The zero-order valence-electron chi connectivity index (χ0n) is 21.4. The standard InChI is InChI=1S/C27H27Cl3FN3O4S/c1-17(2)32-27(36)18(3)33(15-19-9-11-22(28)23(29)13-19)26(35)16-34(20-10-12-25(31)24(30)14-20)39(37,38)21-7-5-4-6-8-21/h4-14,17-18H,15-16H2,1-3H3,(H,32,36)/t18-/m1/s1. The van der Waals surface area contributed by atoms with E-state index in [1.807, 2.05) is 0 Å². The van der Waals surface area contributed by atoms with E-state index >= 15 is 0 Å². The van der Waals surface area contributed by atoms with Crippen molar-refractivity contribution in [3.05, 3.63) is 93.2 Å². The maximum atomic E-state index is 13.9. The van der Waals surface area contributed by atoms with E-state index in [4.69, 9.17) is 34.8 Å². The van der Waals surface area contributed by atoms with Crippen molar-refractivity contribution in [1.29, 1.82) is 0 Å². The summed E-state index contributed by atoms with van der Waals surface area (Å²) in [4.78, 5) is 27.9. The fourth-order valence-corrected chi connectivity index (χ4v) is 5.63. The number of hydrogen-bond donors (Lipinski definition) is 1. The van der Waals surface area contributed by atoms with Gasteiger partial charge in [-0.05, 0) is 68.8 Å². The zero-order chi connectivity index (χ0) is 28.9. The molecule has 0 radical (unpaired) electrons. The van der Waals surface area contributed by atoms with Crippen molar-refractivity contribution in [2.75, 3.05) is 10.8 Å². The Kier molecular flexibility index (Phi) is 10.2. The van der Waals surface area contributed by atoms with Crippen LogP contribution in [0.15, 0.2) is 71.6 Å². The topological polar surface area (TPSA) is 86.8 Å². The highest BCUT2D eigenvalue weighted by Crippen LogP contribution is 2.29. The van der Waals surface area contributed by atoms with E-state index < -0.39 is 40.2 Å². The van der Waals surface area contributed by atoms with Crippen molar-refractivity contribution in [1.82, 2.24) is 10.2 Å². The van der Waals surface area contributed by atoms with E-state index in [-0.39, 0.29) is 33.2 Å². The van der Waals surface area contributed by atoms with E-state index in [0.29, 0.717) is 10.6 Å². The minimum atomic E-state index is -4.30. The molecule has 39 heavy (non-hydrogen) atoms. The van der Waals surface area contributed by atoms with Crippen molar-refractivity contribution < 1.29 is 22.4 Å². The van der Waals surface area contributed by atoms with Gasteiger partial charge in [-0.1, -0.05) is 59.1 Å². The second-order valence-corrected chi connectivity index (χ2v) is 12.1. The number of nitrogens with zero attached hydrogens (tertiary/aromatic N) is 2. The molecular formula is C27H27Cl3FN3O4S. The van der Waals surface area contributed by atoms with Crippen LogP contribution in [0.25, 0.3) is 0 Å². The maximum absolute atomic E-state index is 13.9. The monoisotopic (exact) mass is 613 g/mol. The molecule has 0 fully saturated rings. The summed E-state index contributed by atoms with van der Waals surface area (Å²) in [6.45, 7) is 4.34. The Balaban J connectivity index is 2.06. The highest BCUT2D eigenvalue weighted by atomic mass is 35.5. The highest BCUT2D eigenvalue weighted by molar-refractivity contribution is 7.92. The number of rotatable bonds is 10. The molecule has 0 unspecified atom stereocenters. The van der Waals surface area contributed by atoms with E-state index in [2.05, 4.69) is 5.32 Å². The van der Waals surface area contributed by atoms with E-state index in [0.717, 1.165) is 16.4 Å². The largest absolute Gasteiger partial charge is 0.352 e. The molecule has 12 heteroatoms. The molecule has 3 rings (SSSR count). The number of hydrogen-bond acceptors (Lipinski definition) is 4. The molecule has 0 bridgehead atoms. The zero-order valence-corrected chi connectivity index (χ0v) is 24.5. The summed E-state index contributed by atoms with van der Waals surface area (Å²) in [6.07, 6.45) is 0. The summed E-state index contributed by atoms with van der Waals surface area (Å²) < 4.78 is 42.1. The molecule has 2 amide bonds. The van der Waals surface area contributed by atoms with Gasteiger partial charge in [-0.25, -0.2) is 12.8 Å². The predicted molar refractivity (Wildman–Crippen MR) is 152 cm³/mol. The first-order valence-corrected chi connectivity index (χ1v) is 14.4. The average Bonchev–Trinajstić information content (AvgIpc) is 2.89. The van der Waals surface area contributed by atoms with Gasteiger partial charge in [0.05, 0.1) is 25.7 Å². The first-order valence-electron chi connectivity index (χ1n) is 11.9. The van der Waals surface area contributed by atoms with Crippen LogP contribution in [0.3, 0.4) is 0 Å². The van der Waals surface area contributed by atoms with Crippen molar-refractivity contribution in [3.63, 3.8) is 0 Å². The predicted octanol–water partition coefficient (Wildman–Crippen LogP) is 5.92. The van der Waals surface area contributed by atoms with Crippen molar-refractivity contribution in [2.45, 2.75) is 44.3 Å². The van der Waals surface area contributed by atoms with Gasteiger partial charge in [0.15, 0.2) is 0 Å². The van der Waals surface area contributed by atoms with Gasteiger partial charge in [-0.3, -0.25) is 13.9 Å². The summed E-state index contributed by atoms with van der Waals surface area (Å²) in [5, 5.41) is 3.03. The van der Waals surface area contributed by atoms with Crippen molar-refractivity contribution >= 4 is 62.3 Å². The lowest BCUT2D eigenvalue weighted by Gasteiger charge is -2.32. The lowest BCUT2D eigenvalue weighted by molar-refractivity contribution is -0.139. The van der Waals surface area contributed by atoms with Crippen molar-refractivity contribution in [2.24, 2.45) is 0 Å². The molecule has 0 saturated carbocycles. The van der Waals surface area contributed by atoms with Crippen LogP contribution in [0.1, 0.15) is 26.3 Å². The third-order valence-corrected chi connectivity index (χ3v) is 8.55. The number of anilines is 1. The van der Waals surface area contributed by atoms with E-state index in [1.54, 1.807) is 50.2 Å². The van der Waals surface area contributed by atoms with E-state index in [9.17, 15) is 22.4 Å². The fraction of sp³-hybridized carbons (Fsp3) is 0.259. The van der Waals surface area contributed by atoms with Crippen LogP contribution in [-0.4, -0.2) is 43.8 Å². The average molecular weight is 615 g/mol. The molecule has 0 aliphatic carbocycles. The Bertz CT molecular complexity index is 1460. The Labute approximate surface area is 242 Å². The van der Waals surface area contributed by atoms with Crippen LogP contribution < -0.4 is 9.62 Å². The summed E-state index contributed by atoms with van der Waals surface area (Å²) in [6, 6.07) is 14.5. The van der Waals surface area contributed by atoms with Crippen molar-refractivity contribution in [3.8, 4) is 0 Å². The third kappa shape index (κ3) is 7.63. The number of sulfonamides is 1. The molecule has 0 heterocycles. The van der Waals surface area contributed by atoms with Gasteiger partial charge in [0.25, 0.3) is 10.0 Å². The molecule has 3 aromatic carbocycles. The fourth-order valence-electron chi connectivity index (χ4n) is 3.71. The molecule has 0 aliphatic rings. The van der Waals surface area contributed by atoms with Gasteiger partial charge < -0.3 is 10.2 Å². The molecule has 0 aliphatic heterocycles. The number of benzene rings is 3. The van der Waals surface area contributed by atoms with E-state index in [1.165, 1.54) is 30.0 Å². The van der Waals surface area contributed by atoms with Gasteiger partial charge in [0, 0.05) is 12.6 Å². The molecule has 3 aromatic rings. The number of carbonyl (C=O) groups is 2. The number of nitrogens with one attached hydrogen (secondary N) is 1. The quantitative estimate of drug-likeness (QED) is 0.307. The first kappa shape index (κ1) is 30.7. The number of carbonyl (C=O) groups excluding carboxylic acids is 2. The van der Waals surface area contributed by atoms with Gasteiger partial charge in [0.2, 0.25) is 11.8 Å². The minimum Gasteiger partial charge on any atom is -0.352 e. The summed E-state index contributed by atoms with van der Waals surface area (Å²) in [5.41, 5.74) is 0.552. The number of amides is 2. The molecule has 208 valence electrons. The lowest BCUT2D eigenvalue weighted by atomic mass is 10.1. The van der Waals surface area contributed by atoms with Crippen LogP contribution >= 0.6 is 34.8 Å². The normalized spacial score (nSPS) is 12.2. The second-order valence-electron chi connectivity index (χ2n) is 9.03. The third-order valence-electron chi connectivity index (χ3n) is 5.74. The molecule has 1 atom stereocenters.